The Morgan fingerprint density at radius 3 is 2.66 bits per heavy atom. The van der Waals surface area contributed by atoms with Crippen LogP contribution in [0, 0.1) is 6.92 Å². The van der Waals surface area contributed by atoms with E-state index in [-0.39, 0.29) is 5.78 Å². The van der Waals surface area contributed by atoms with E-state index in [9.17, 15) is 9.59 Å². The van der Waals surface area contributed by atoms with Gasteiger partial charge in [-0.1, -0.05) is 42.5 Å². The lowest BCUT2D eigenvalue weighted by Crippen LogP contribution is -2.03. The number of benzene rings is 2. The number of fused-ring (bicyclic) bond motifs is 1. The zero-order valence-electron chi connectivity index (χ0n) is 15.7. The Kier molecular flexibility index (Phi) is 4.79. The first-order valence-corrected chi connectivity index (χ1v) is 9.12. The van der Waals surface area contributed by atoms with Gasteiger partial charge in [0.2, 0.25) is 0 Å². The highest BCUT2D eigenvalue weighted by Crippen LogP contribution is 2.32. The van der Waals surface area contributed by atoms with Crippen LogP contribution in [-0.4, -0.2) is 26.8 Å². The van der Waals surface area contributed by atoms with Crippen molar-refractivity contribution in [2.24, 2.45) is 0 Å². The third kappa shape index (κ3) is 3.58. The maximum atomic E-state index is 13.2. The van der Waals surface area contributed by atoms with Crippen molar-refractivity contribution >= 4 is 28.9 Å². The summed E-state index contributed by atoms with van der Waals surface area (Å²) in [6, 6.07) is 16.9. The van der Waals surface area contributed by atoms with Gasteiger partial charge in [0, 0.05) is 29.4 Å². The van der Waals surface area contributed by atoms with Crippen LogP contribution in [0.25, 0.3) is 28.2 Å². The van der Waals surface area contributed by atoms with Crippen molar-refractivity contribution in [2.45, 2.75) is 6.92 Å². The number of pyridine rings is 1. The Morgan fingerprint density at radius 1 is 1.03 bits per heavy atom. The molecule has 5 heteroatoms. The van der Waals surface area contributed by atoms with E-state index in [4.69, 9.17) is 5.11 Å². The molecule has 0 aliphatic carbocycles. The summed E-state index contributed by atoms with van der Waals surface area (Å²) >= 11 is 0. The SMILES string of the molecule is Cc1ccccc1C(=O)c1c[nH]c2nccc(-c3cccc(/C=C/C(=O)O)c3)c12. The van der Waals surface area contributed by atoms with Gasteiger partial charge in [-0.2, -0.15) is 0 Å². The van der Waals surface area contributed by atoms with Gasteiger partial charge in [-0.3, -0.25) is 4.79 Å². The van der Waals surface area contributed by atoms with E-state index >= 15 is 0 Å². The number of carboxylic acids is 1. The minimum absolute atomic E-state index is 0.0643. The fraction of sp³-hybridized carbons (Fsp3) is 0.0417. The number of aliphatic carboxylic acids is 1. The summed E-state index contributed by atoms with van der Waals surface area (Å²) in [6.45, 7) is 1.92. The maximum Gasteiger partial charge on any atom is 0.328 e. The number of hydrogen-bond donors (Lipinski definition) is 2. The average molecular weight is 382 g/mol. The van der Waals surface area contributed by atoms with Crippen LogP contribution >= 0.6 is 0 Å². The maximum absolute atomic E-state index is 13.2. The number of aryl methyl sites for hydroxylation is 1. The lowest BCUT2D eigenvalue weighted by molar-refractivity contribution is -0.131. The summed E-state index contributed by atoms with van der Waals surface area (Å²) < 4.78 is 0. The standard InChI is InChI=1S/C24H18N2O3/c1-15-5-2-3-8-18(15)23(29)20-14-26-24-22(20)19(11-12-25-24)17-7-4-6-16(13-17)9-10-21(27)28/h2-14H,1H3,(H,25,26)(H,27,28)/b10-9+. The van der Waals surface area contributed by atoms with E-state index in [0.717, 1.165) is 33.7 Å². The van der Waals surface area contributed by atoms with E-state index < -0.39 is 5.97 Å². The summed E-state index contributed by atoms with van der Waals surface area (Å²) in [6.07, 6.45) is 6.03. The van der Waals surface area contributed by atoms with Crippen molar-refractivity contribution in [3.8, 4) is 11.1 Å². The Morgan fingerprint density at radius 2 is 1.86 bits per heavy atom. The molecule has 2 N–H and O–H groups in total. The number of hydrogen-bond acceptors (Lipinski definition) is 3. The second-order valence-electron chi connectivity index (χ2n) is 6.73. The van der Waals surface area contributed by atoms with Crippen molar-refractivity contribution in [2.75, 3.05) is 0 Å². The Labute approximate surface area is 167 Å². The Bertz CT molecular complexity index is 1270. The van der Waals surface area contributed by atoms with Crippen molar-refractivity contribution in [1.82, 2.24) is 9.97 Å². The fourth-order valence-corrected chi connectivity index (χ4v) is 3.43. The third-order valence-electron chi connectivity index (χ3n) is 4.82. The van der Waals surface area contributed by atoms with Crippen molar-refractivity contribution in [1.29, 1.82) is 0 Å². The monoisotopic (exact) mass is 382 g/mol. The zero-order chi connectivity index (χ0) is 20.4. The third-order valence-corrected chi connectivity index (χ3v) is 4.82. The molecule has 0 saturated heterocycles. The molecule has 0 bridgehead atoms. The van der Waals surface area contributed by atoms with Crippen LogP contribution in [0.3, 0.4) is 0 Å². The Balaban J connectivity index is 1.86. The molecule has 0 atom stereocenters. The number of nitrogens with one attached hydrogen (secondary N) is 1. The minimum Gasteiger partial charge on any atom is -0.478 e. The van der Waals surface area contributed by atoms with Crippen molar-refractivity contribution < 1.29 is 14.7 Å². The van der Waals surface area contributed by atoms with E-state index in [2.05, 4.69) is 9.97 Å². The molecule has 0 aliphatic rings. The summed E-state index contributed by atoms with van der Waals surface area (Å²) in [4.78, 5) is 31.5. The van der Waals surface area contributed by atoms with Crippen LogP contribution in [0.15, 0.2) is 73.1 Å². The predicted molar refractivity (Wildman–Crippen MR) is 113 cm³/mol. The molecule has 4 rings (SSSR count). The molecule has 5 nitrogen and oxygen atoms in total. The molecule has 4 aromatic rings. The lowest BCUT2D eigenvalue weighted by atomic mass is 9.95. The van der Waals surface area contributed by atoms with Gasteiger partial charge in [0.25, 0.3) is 0 Å². The highest BCUT2D eigenvalue weighted by atomic mass is 16.4. The van der Waals surface area contributed by atoms with Crippen LogP contribution in [0.4, 0.5) is 0 Å². The first-order valence-electron chi connectivity index (χ1n) is 9.12. The lowest BCUT2D eigenvalue weighted by Gasteiger charge is -2.08. The summed E-state index contributed by atoms with van der Waals surface area (Å²) in [7, 11) is 0. The molecule has 0 unspecified atom stereocenters. The number of aromatic amines is 1. The van der Waals surface area contributed by atoms with Crippen LogP contribution in [0.5, 0.6) is 0 Å². The molecule has 29 heavy (non-hydrogen) atoms. The molecule has 0 fully saturated rings. The quantitative estimate of drug-likeness (QED) is 0.381. The number of carbonyl (C=O) groups is 2. The van der Waals surface area contributed by atoms with Gasteiger partial charge in [-0.15, -0.1) is 0 Å². The molecule has 2 aromatic heterocycles. The van der Waals surface area contributed by atoms with Gasteiger partial charge in [0.15, 0.2) is 5.78 Å². The number of ketones is 1. The molecule has 0 amide bonds. The molecule has 0 radical (unpaired) electrons. The Hall–Kier alpha value is -3.99. The molecular weight excluding hydrogens is 364 g/mol. The van der Waals surface area contributed by atoms with Crippen LogP contribution in [0.2, 0.25) is 0 Å². The van der Waals surface area contributed by atoms with Gasteiger partial charge in [-0.05, 0) is 47.4 Å². The number of carbonyl (C=O) groups excluding carboxylic acids is 1. The van der Waals surface area contributed by atoms with E-state index in [0.29, 0.717) is 16.8 Å². The first kappa shape index (κ1) is 18.4. The van der Waals surface area contributed by atoms with Crippen LogP contribution < -0.4 is 0 Å². The van der Waals surface area contributed by atoms with Gasteiger partial charge in [-0.25, -0.2) is 9.78 Å². The second kappa shape index (κ2) is 7.56. The minimum atomic E-state index is -1.00. The van der Waals surface area contributed by atoms with E-state index in [1.54, 1.807) is 18.5 Å². The highest BCUT2D eigenvalue weighted by molar-refractivity contribution is 6.19. The highest BCUT2D eigenvalue weighted by Gasteiger charge is 2.19. The van der Waals surface area contributed by atoms with E-state index in [1.165, 1.54) is 0 Å². The van der Waals surface area contributed by atoms with Crippen molar-refractivity contribution in [3.05, 3.63) is 95.3 Å². The molecule has 2 heterocycles. The smallest absolute Gasteiger partial charge is 0.328 e. The number of carboxylic acid groups (broad SMARTS) is 1. The van der Waals surface area contributed by atoms with Crippen molar-refractivity contribution in [3.63, 3.8) is 0 Å². The van der Waals surface area contributed by atoms with Crippen LogP contribution in [-0.2, 0) is 4.79 Å². The summed E-state index contributed by atoms with van der Waals surface area (Å²) in [5, 5.41) is 9.62. The molecule has 2 aromatic carbocycles. The van der Waals surface area contributed by atoms with Gasteiger partial charge in [0.05, 0.1) is 5.56 Å². The fourth-order valence-electron chi connectivity index (χ4n) is 3.43. The first-order chi connectivity index (χ1) is 14.0. The average Bonchev–Trinajstić information content (AvgIpc) is 3.16. The van der Waals surface area contributed by atoms with Gasteiger partial charge < -0.3 is 10.1 Å². The number of nitrogens with zero attached hydrogens (tertiary/aromatic N) is 1. The molecule has 0 saturated carbocycles. The van der Waals surface area contributed by atoms with Gasteiger partial charge in [0.1, 0.15) is 5.65 Å². The molecule has 142 valence electrons. The summed E-state index contributed by atoms with van der Waals surface area (Å²) in [5.74, 6) is -1.07. The number of rotatable bonds is 5. The molecular formula is C24H18N2O3. The summed E-state index contributed by atoms with van der Waals surface area (Å²) in [5.41, 5.74) is 5.26. The number of aromatic nitrogens is 2. The number of H-pyrrole nitrogens is 1. The largest absolute Gasteiger partial charge is 0.478 e. The van der Waals surface area contributed by atoms with E-state index in [1.807, 2.05) is 61.5 Å². The zero-order valence-corrected chi connectivity index (χ0v) is 15.7. The predicted octanol–water partition coefficient (Wildman–Crippen LogP) is 4.87. The second-order valence-corrected chi connectivity index (χ2v) is 6.73. The molecule has 0 spiro atoms. The van der Waals surface area contributed by atoms with Crippen LogP contribution in [0.1, 0.15) is 27.0 Å². The topological polar surface area (TPSA) is 83.0 Å². The van der Waals surface area contributed by atoms with Gasteiger partial charge >= 0.3 is 5.97 Å². The normalized spacial score (nSPS) is 11.2. The molecule has 0 aliphatic heterocycles.